The van der Waals surface area contributed by atoms with Crippen LogP contribution in [0.15, 0.2) is 60.7 Å². The van der Waals surface area contributed by atoms with Gasteiger partial charge in [0.1, 0.15) is 24.0 Å². The number of benzene rings is 2. The van der Waals surface area contributed by atoms with E-state index in [1.165, 1.54) is 0 Å². The number of para-hydroxylation sites is 1. The van der Waals surface area contributed by atoms with Gasteiger partial charge in [0.05, 0.1) is 3.57 Å². The van der Waals surface area contributed by atoms with Crippen LogP contribution in [0.2, 0.25) is 0 Å². The van der Waals surface area contributed by atoms with Crippen molar-refractivity contribution in [3.8, 4) is 11.8 Å². The molecule has 0 fully saturated rings. The van der Waals surface area contributed by atoms with E-state index < -0.39 is 5.91 Å². The lowest BCUT2D eigenvalue weighted by Gasteiger charge is -2.08. The highest BCUT2D eigenvalue weighted by molar-refractivity contribution is 14.1. The Kier molecular flexibility index (Phi) is 6.78. The van der Waals surface area contributed by atoms with Crippen molar-refractivity contribution >= 4 is 40.3 Å². The van der Waals surface area contributed by atoms with E-state index >= 15 is 0 Å². The van der Waals surface area contributed by atoms with E-state index in [2.05, 4.69) is 34.5 Å². The first-order chi connectivity index (χ1) is 12.0. The quantitative estimate of drug-likeness (QED) is 0.304. The molecule has 4 nitrogen and oxygen atoms in total. The molecule has 25 heavy (non-hydrogen) atoms. The van der Waals surface area contributed by atoms with Gasteiger partial charge in [-0.15, -0.1) is 0 Å². The van der Waals surface area contributed by atoms with Gasteiger partial charge in [-0.25, -0.2) is 0 Å². The predicted octanol–water partition coefficient (Wildman–Crippen LogP) is 4.71. The highest BCUT2D eigenvalue weighted by Gasteiger charge is 2.11. The molecular formula is C20H17IN2O2. The summed E-state index contributed by atoms with van der Waals surface area (Å²) in [6, 6.07) is 14.9. The second-order valence-corrected chi connectivity index (χ2v) is 6.39. The maximum Gasteiger partial charge on any atom is 0.266 e. The fourth-order valence-corrected chi connectivity index (χ4v) is 2.79. The number of amides is 1. The van der Waals surface area contributed by atoms with Crippen LogP contribution in [0.4, 0.5) is 5.69 Å². The Bertz CT molecular complexity index is 866. The van der Waals surface area contributed by atoms with Crippen LogP contribution in [0, 0.1) is 21.8 Å². The van der Waals surface area contributed by atoms with Crippen molar-refractivity contribution < 1.29 is 9.53 Å². The van der Waals surface area contributed by atoms with Crippen molar-refractivity contribution in [1.82, 2.24) is 0 Å². The number of anilines is 1. The van der Waals surface area contributed by atoms with Gasteiger partial charge in [-0.1, -0.05) is 36.9 Å². The van der Waals surface area contributed by atoms with E-state index in [-0.39, 0.29) is 5.57 Å². The summed E-state index contributed by atoms with van der Waals surface area (Å²) in [6.07, 6.45) is 3.24. The summed E-state index contributed by atoms with van der Waals surface area (Å²) < 4.78 is 6.41. The zero-order valence-corrected chi connectivity index (χ0v) is 15.9. The Morgan fingerprint density at radius 1 is 1.36 bits per heavy atom. The number of rotatable bonds is 6. The molecule has 0 bridgehead atoms. The van der Waals surface area contributed by atoms with E-state index in [0.717, 1.165) is 20.4 Å². The van der Waals surface area contributed by atoms with Gasteiger partial charge in [-0.3, -0.25) is 4.79 Å². The van der Waals surface area contributed by atoms with Gasteiger partial charge >= 0.3 is 0 Å². The standard InChI is InChI=1S/C20H17IN2O2/c1-3-10-25-19-9-8-15(12-17(19)21)11-16(13-22)20(24)23-18-7-5-4-6-14(18)2/h3-9,11-12H,1,10H2,2H3,(H,23,24)/b16-11-. The number of nitriles is 1. The Labute approximate surface area is 161 Å². The van der Waals surface area contributed by atoms with Gasteiger partial charge in [-0.05, 0) is 64.9 Å². The van der Waals surface area contributed by atoms with Crippen LogP contribution in [0.5, 0.6) is 5.75 Å². The molecule has 1 N–H and O–H groups in total. The summed E-state index contributed by atoms with van der Waals surface area (Å²) in [5, 5.41) is 12.1. The molecule has 0 spiro atoms. The van der Waals surface area contributed by atoms with E-state index in [0.29, 0.717) is 12.3 Å². The minimum absolute atomic E-state index is 0.0406. The molecule has 2 aromatic carbocycles. The van der Waals surface area contributed by atoms with Crippen molar-refractivity contribution in [2.75, 3.05) is 11.9 Å². The molecule has 2 aromatic rings. The SMILES string of the molecule is C=CCOc1ccc(/C=C(/C#N)C(=O)Nc2ccccc2C)cc1I. The second-order valence-electron chi connectivity index (χ2n) is 5.23. The number of aryl methyl sites for hydroxylation is 1. The molecule has 0 saturated heterocycles. The number of nitrogens with zero attached hydrogens (tertiary/aromatic N) is 1. The van der Waals surface area contributed by atoms with Gasteiger partial charge in [0.25, 0.3) is 5.91 Å². The molecule has 0 unspecified atom stereocenters. The number of nitrogens with one attached hydrogen (secondary N) is 1. The average Bonchev–Trinajstić information content (AvgIpc) is 2.60. The van der Waals surface area contributed by atoms with Gasteiger partial charge in [0, 0.05) is 5.69 Å². The monoisotopic (exact) mass is 444 g/mol. The topological polar surface area (TPSA) is 62.1 Å². The van der Waals surface area contributed by atoms with Crippen molar-refractivity contribution in [3.05, 3.63) is 75.4 Å². The number of carbonyl (C=O) groups excluding carboxylic acids is 1. The fourth-order valence-electron chi connectivity index (χ4n) is 2.09. The third-order valence-electron chi connectivity index (χ3n) is 3.38. The molecule has 0 atom stereocenters. The Morgan fingerprint density at radius 2 is 2.12 bits per heavy atom. The highest BCUT2D eigenvalue weighted by atomic mass is 127. The minimum atomic E-state index is -0.432. The highest BCUT2D eigenvalue weighted by Crippen LogP contribution is 2.23. The maximum absolute atomic E-state index is 12.4. The second kappa shape index (κ2) is 9.04. The summed E-state index contributed by atoms with van der Waals surface area (Å²) in [5.74, 6) is 0.305. The molecule has 0 saturated carbocycles. The molecule has 0 aromatic heterocycles. The van der Waals surface area contributed by atoms with Gasteiger partial charge < -0.3 is 10.1 Å². The number of hydrogen-bond acceptors (Lipinski definition) is 3. The van der Waals surface area contributed by atoms with Gasteiger partial charge in [0.15, 0.2) is 0 Å². The molecule has 5 heteroatoms. The maximum atomic E-state index is 12.4. The zero-order chi connectivity index (χ0) is 18.2. The van der Waals surface area contributed by atoms with Crippen LogP contribution in [0.1, 0.15) is 11.1 Å². The summed E-state index contributed by atoms with van der Waals surface area (Å²) >= 11 is 2.15. The molecule has 0 aliphatic carbocycles. The predicted molar refractivity (Wildman–Crippen MR) is 108 cm³/mol. The zero-order valence-electron chi connectivity index (χ0n) is 13.8. The largest absolute Gasteiger partial charge is 0.488 e. The first-order valence-electron chi connectivity index (χ1n) is 7.57. The van der Waals surface area contributed by atoms with Gasteiger partial charge in [-0.2, -0.15) is 5.26 Å². The van der Waals surface area contributed by atoms with Crippen molar-refractivity contribution in [2.45, 2.75) is 6.92 Å². The lowest BCUT2D eigenvalue weighted by Crippen LogP contribution is -2.14. The van der Waals surface area contributed by atoms with E-state index in [1.807, 2.05) is 43.3 Å². The van der Waals surface area contributed by atoms with Crippen molar-refractivity contribution in [2.24, 2.45) is 0 Å². The van der Waals surface area contributed by atoms with E-state index in [4.69, 9.17) is 4.74 Å². The first kappa shape index (κ1) is 18.7. The molecule has 1 amide bonds. The van der Waals surface area contributed by atoms with E-state index in [9.17, 15) is 10.1 Å². The lowest BCUT2D eigenvalue weighted by molar-refractivity contribution is -0.112. The third kappa shape index (κ3) is 5.19. The first-order valence-corrected chi connectivity index (χ1v) is 8.65. The summed E-state index contributed by atoms with van der Waals surface area (Å²) in [5.41, 5.74) is 2.42. The minimum Gasteiger partial charge on any atom is -0.488 e. The summed E-state index contributed by atoms with van der Waals surface area (Å²) in [6.45, 7) is 5.94. The number of ether oxygens (including phenoxy) is 1. The van der Waals surface area contributed by atoms with E-state index in [1.54, 1.807) is 24.3 Å². The van der Waals surface area contributed by atoms with Crippen LogP contribution < -0.4 is 10.1 Å². The van der Waals surface area contributed by atoms with Crippen LogP contribution in [-0.4, -0.2) is 12.5 Å². The Hall–Kier alpha value is -2.59. The smallest absolute Gasteiger partial charge is 0.266 e. The Balaban J connectivity index is 2.21. The number of carbonyl (C=O) groups is 1. The lowest BCUT2D eigenvalue weighted by atomic mass is 10.1. The summed E-state index contributed by atoms with van der Waals surface area (Å²) in [4.78, 5) is 12.4. The van der Waals surface area contributed by atoms with Gasteiger partial charge in [0.2, 0.25) is 0 Å². The molecule has 126 valence electrons. The molecule has 0 radical (unpaired) electrons. The average molecular weight is 444 g/mol. The molecular weight excluding hydrogens is 427 g/mol. The number of halogens is 1. The van der Waals surface area contributed by atoms with Crippen LogP contribution in [0.25, 0.3) is 6.08 Å². The number of hydrogen-bond donors (Lipinski definition) is 1. The normalized spacial score (nSPS) is 10.7. The van der Waals surface area contributed by atoms with Crippen molar-refractivity contribution in [1.29, 1.82) is 5.26 Å². The van der Waals surface area contributed by atoms with Crippen LogP contribution in [0.3, 0.4) is 0 Å². The summed E-state index contributed by atoms with van der Waals surface area (Å²) in [7, 11) is 0. The Morgan fingerprint density at radius 3 is 2.76 bits per heavy atom. The van der Waals surface area contributed by atoms with Crippen LogP contribution >= 0.6 is 22.6 Å². The van der Waals surface area contributed by atoms with Crippen molar-refractivity contribution in [3.63, 3.8) is 0 Å². The fraction of sp³-hybridized carbons (Fsp3) is 0.100. The van der Waals surface area contributed by atoms with Crippen LogP contribution in [-0.2, 0) is 4.79 Å². The molecule has 2 rings (SSSR count). The molecule has 0 aliphatic heterocycles. The molecule has 0 aliphatic rings. The third-order valence-corrected chi connectivity index (χ3v) is 4.22. The molecule has 0 heterocycles.